The second-order valence-electron chi connectivity index (χ2n) is 3.83. The van der Waals surface area contributed by atoms with Gasteiger partial charge in [-0.2, -0.15) is 0 Å². The van der Waals surface area contributed by atoms with Crippen LogP contribution in [-0.4, -0.2) is 25.7 Å². The molecule has 0 bridgehead atoms. The molecule has 0 aromatic heterocycles. The molecule has 0 spiro atoms. The molecule has 2 nitrogen and oxygen atoms in total. The molecule has 0 radical (unpaired) electrons. The van der Waals surface area contributed by atoms with Gasteiger partial charge in [-0.05, 0) is 12.5 Å². The van der Waals surface area contributed by atoms with Gasteiger partial charge in [0.2, 0.25) is 0 Å². The molecule has 2 heteroatoms. The third kappa shape index (κ3) is 8.02. The average Bonchev–Trinajstić information content (AvgIpc) is 2.03. The van der Waals surface area contributed by atoms with Crippen LogP contribution in [0.1, 0.15) is 34.1 Å². The van der Waals surface area contributed by atoms with Crippen molar-refractivity contribution in [2.24, 2.45) is 5.92 Å². The zero-order valence-corrected chi connectivity index (χ0v) is 8.98. The van der Waals surface area contributed by atoms with E-state index in [2.05, 4.69) is 38.3 Å². The zero-order chi connectivity index (χ0) is 9.40. The third-order valence-electron chi connectivity index (χ3n) is 2.04. The first-order valence-corrected chi connectivity index (χ1v) is 5.10. The third-order valence-corrected chi connectivity index (χ3v) is 2.04. The highest BCUT2D eigenvalue weighted by molar-refractivity contribution is 4.58. The first kappa shape index (κ1) is 11.9. The first-order chi connectivity index (χ1) is 5.66. The maximum Gasteiger partial charge on any atom is 0.00790 e. The van der Waals surface area contributed by atoms with Crippen molar-refractivity contribution in [2.75, 3.05) is 19.6 Å². The monoisotopic (exact) mass is 172 g/mol. The molecule has 0 amide bonds. The van der Waals surface area contributed by atoms with Crippen molar-refractivity contribution in [3.8, 4) is 0 Å². The molecule has 0 fully saturated rings. The molecule has 0 aliphatic heterocycles. The topological polar surface area (TPSA) is 24.1 Å². The van der Waals surface area contributed by atoms with E-state index in [0.29, 0.717) is 6.04 Å². The van der Waals surface area contributed by atoms with Crippen LogP contribution in [0, 0.1) is 5.92 Å². The van der Waals surface area contributed by atoms with Crippen LogP contribution in [0.25, 0.3) is 0 Å². The Morgan fingerprint density at radius 3 is 2.25 bits per heavy atom. The van der Waals surface area contributed by atoms with E-state index in [1.54, 1.807) is 0 Å². The summed E-state index contributed by atoms with van der Waals surface area (Å²) in [7, 11) is 0. The number of nitrogens with one attached hydrogen (secondary N) is 2. The van der Waals surface area contributed by atoms with E-state index >= 15 is 0 Å². The lowest BCUT2D eigenvalue weighted by Crippen LogP contribution is -2.33. The SMILES string of the molecule is CCC(C)CNCCNC(C)C. The highest BCUT2D eigenvalue weighted by Crippen LogP contribution is 1.96. The Hall–Kier alpha value is -0.0800. The Bertz CT molecular complexity index is 91.8. The summed E-state index contributed by atoms with van der Waals surface area (Å²) < 4.78 is 0. The van der Waals surface area contributed by atoms with E-state index < -0.39 is 0 Å². The molecule has 0 saturated carbocycles. The van der Waals surface area contributed by atoms with Crippen LogP contribution < -0.4 is 10.6 Å². The molecule has 0 rings (SSSR count). The van der Waals surface area contributed by atoms with Gasteiger partial charge in [-0.25, -0.2) is 0 Å². The van der Waals surface area contributed by atoms with Gasteiger partial charge < -0.3 is 10.6 Å². The van der Waals surface area contributed by atoms with Crippen LogP contribution in [0.3, 0.4) is 0 Å². The predicted octanol–water partition coefficient (Wildman–Crippen LogP) is 1.62. The van der Waals surface area contributed by atoms with Crippen LogP contribution >= 0.6 is 0 Å². The lowest BCUT2D eigenvalue weighted by Gasteiger charge is -2.11. The second kappa shape index (κ2) is 7.56. The van der Waals surface area contributed by atoms with Gasteiger partial charge in [-0.15, -0.1) is 0 Å². The van der Waals surface area contributed by atoms with Gasteiger partial charge in [0.25, 0.3) is 0 Å². The van der Waals surface area contributed by atoms with Gasteiger partial charge >= 0.3 is 0 Å². The minimum atomic E-state index is 0.607. The Balaban J connectivity index is 3.00. The van der Waals surface area contributed by atoms with E-state index in [-0.39, 0.29) is 0 Å². The smallest absolute Gasteiger partial charge is 0.00790 e. The fraction of sp³-hybridized carbons (Fsp3) is 1.00. The average molecular weight is 172 g/mol. The molecular weight excluding hydrogens is 148 g/mol. The Morgan fingerprint density at radius 1 is 1.08 bits per heavy atom. The number of hydrogen-bond donors (Lipinski definition) is 2. The summed E-state index contributed by atoms with van der Waals surface area (Å²) in [6.45, 7) is 12.2. The molecule has 0 heterocycles. The van der Waals surface area contributed by atoms with Crippen LogP contribution in [0.5, 0.6) is 0 Å². The number of hydrogen-bond acceptors (Lipinski definition) is 2. The maximum atomic E-state index is 3.43. The van der Waals surface area contributed by atoms with E-state index in [0.717, 1.165) is 25.6 Å². The summed E-state index contributed by atoms with van der Waals surface area (Å²) in [6.07, 6.45) is 1.27. The normalized spacial score (nSPS) is 13.8. The van der Waals surface area contributed by atoms with Crippen molar-refractivity contribution >= 4 is 0 Å². The molecule has 1 atom stereocenters. The molecule has 2 N–H and O–H groups in total. The minimum absolute atomic E-state index is 0.607. The van der Waals surface area contributed by atoms with Crippen molar-refractivity contribution in [1.29, 1.82) is 0 Å². The van der Waals surface area contributed by atoms with Crippen LogP contribution in [0.4, 0.5) is 0 Å². The lowest BCUT2D eigenvalue weighted by atomic mass is 10.1. The van der Waals surface area contributed by atoms with Crippen LogP contribution in [0.2, 0.25) is 0 Å². The van der Waals surface area contributed by atoms with E-state index in [1.807, 2.05) is 0 Å². The molecule has 0 aromatic rings. The van der Waals surface area contributed by atoms with Crippen molar-refractivity contribution in [3.63, 3.8) is 0 Å². The van der Waals surface area contributed by atoms with Crippen molar-refractivity contribution in [2.45, 2.75) is 40.2 Å². The molecule has 74 valence electrons. The highest BCUT2D eigenvalue weighted by atomic mass is 15.0. The number of rotatable bonds is 7. The molecule has 1 unspecified atom stereocenters. The van der Waals surface area contributed by atoms with Crippen molar-refractivity contribution in [1.82, 2.24) is 10.6 Å². The van der Waals surface area contributed by atoms with Crippen molar-refractivity contribution < 1.29 is 0 Å². The summed E-state index contributed by atoms with van der Waals surface area (Å²) in [4.78, 5) is 0. The Kier molecular flexibility index (Phi) is 7.51. The summed E-state index contributed by atoms with van der Waals surface area (Å²) in [6, 6.07) is 0.607. The Labute approximate surface area is 77.1 Å². The minimum Gasteiger partial charge on any atom is -0.315 e. The molecule has 0 aliphatic carbocycles. The van der Waals surface area contributed by atoms with E-state index in [4.69, 9.17) is 0 Å². The fourth-order valence-electron chi connectivity index (χ4n) is 0.942. The summed E-state index contributed by atoms with van der Waals surface area (Å²) in [5.41, 5.74) is 0. The van der Waals surface area contributed by atoms with Gasteiger partial charge in [0.05, 0.1) is 0 Å². The van der Waals surface area contributed by atoms with Gasteiger partial charge in [-0.1, -0.05) is 34.1 Å². The first-order valence-electron chi connectivity index (χ1n) is 5.10. The molecule has 0 saturated heterocycles. The molecule has 12 heavy (non-hydrogen) atoms. The zero-order valence-electron chi connectivity index (χ0n) is 8.98. The maximum absolute atomic E-state index is 3.43. The van der Waals surface area contributed by atoms with Gasteiger partial charge in [0.15, 0.2) is 0 Å². The van der Waals surface area contributed by atoms with Crippen LogP contribution in [-0.2, 0) is 0 Å². The highest BCUT2D eigenvalue weighted by Gasteiger charge is 1.96. The predicted molar refractivity (Wildman–Crippen MR) is 55.5 cm³/mol. The lowest BCUT2D eigenvalue weighted by molar-refractivity contribution is 0.483. The summed E-state index contributed by atoms with van der Waals surface area (Å²) in [5.74, 6) is 0.809. The standard InChI is InChI=1S/C10H24N2/c1-5-10(4)8-11-6-7-12-9(2)3/h9-12H,5-8H2,1-4H3. The van der Waals surface area contributed by atoms with Gasteiger partial charge in [-0.3, -0.25) is 0 Å². The van der Waals surface area contributed by atoms with Crippen molar-refractivity contribution in [3.05, 3.63) is 0 Å². The quantitative estimate of drug-likeness (QED) is 0.570. The molecule has 0 aromatic carbocycles. The molecule has 0 aliphatic rings. The van der Waals surface area contributed by atoms with Crippen LogP contribution in [0.15, 0.2) is 0 Å². The fourth-order valence-corrected chi connectivity index (χ4v) is 0.942. The van der Waals surface area contributed by atoms with E-state index in [9.17, 15) is 0 Å². The molecular formula is C10H24N2. The van der Waals surface area contributed by atoms with Gasteiger partial charge in [0.1, 0.15) is 0 Å². The largest absolute Gasteiger partial charge is 0.315 e. The van der Waals surface area contributed by atoms with E-state index in [1.165, 1.54) is 6.42 Å². The second-order valence-corrected chi connectivity index (χ2v) is 3.83. The van der Waals surface area contributed by atoms with Gasteiger partial charge in [0, 0.05) is 19.1 Å². The summed E-state index contributed by atoms with van der Waals surface area (Å²) in [5, 5.41) is 6.80. The Morgan fingerprint density at radius 2 is 1.75 bits per heavy atom. The summed E-state index contributed by atoms with van der Waals surface area (Å²) >= 11 is 0.